The Morgan fingerprint density at radius 2 is 1.91 bits per heavy atom. The SMILES string of the molecule is CNC(=O)c1ncc(N2CCN([C@H]3CC[C@@H](c4cc5cccc(F)c5c(=O)[nH]4)C3)CC2)cc1F. The average Bonchev–Trinajstić information content (AvgIpc) is 3.34. The van der Waals surface area contributed by atoms with Gasteiger partial charge < -0.3 is 15.2 Å². The van der Waals surface area contributed by atoms with Crippen LogP contribution in [0.2, 0.25) is 0 Å². The van der Waals surface area contributed by atoms with Crippen LogP contribution in [0.4, 0.5) is 14.5 Å². The molecule has 2 aliphatic rings. The summed E-state index contributed by atoms with van der Waals surface area (Å²) in [5, 5.41) is 3.14. The van der Waals surface area contributed by atoms with Gasteiger partial charge in [0.2, 0.25) is 0 Å². The number of hydrogen-bond acceptors (Lipinski definition) is 5. The zero-order valence-corrected chi connectivity index (χ0v) is 19.0. The number of amides is 1. The van der Waals surface area contributed by atoms with E-state index in [0.717, 1.165) is 51.1 Å². The average molecular weight is 468 g/mol. The van der Waals surface area contributed by atoms with Gasteiger partial charge in [0.25, 0.3) is 11.5 Å². The van der Waals surface area contributed by atoms with Gasteiger partial charge in [-0.15, -0.1) is 0 Å². The van der Waals surface area contributed by atoms with Crippen LogP contribution in [-0.4, -0.2) is 60.0 Å². The fraction of sp³-hybridized carbons (Fsp3) is 0.400. The van der Waals surface area contributed by atoms with Crippen molar-refractivity contribution in [3.63, 3.8) is 0 Å². The quantitative estimate of drug-likeness (QED) is 0.617. The van der Waals surface area contributed by atoms with E-state index < -0.39 is 17.5 Å². The Kier molecular flexibility index (Phi) is 6.03. The Morgan fingerprint density at radius 3 is 2.65 bits per heavy atom. The van der Waals surface area contributed by atoms with Crippen LogP contribution in [0.3, 0.4) is 0 Å². The molecule has 3 heterocycles. The van der Waals surface area contributed by atoms with Crippen LogP contribution in [0, 0.1) is 11.6 Å². The topological polar surface area (TPSA) is 81.3 Å². The third kappa shape index (κ3) is 4.16. The second kappa shape index (κ2) is 9.13. The Hall–Kier alpha value is -3.33. The third-order valence-corrected chi connectivity index (χ3v) is 7.15. The Balaban J connectivity index is 1.22. The molecule has 0 unspecified atom stereocenters. The number of halogens is 2. The van der Waals surface area contributed by atoms with Crippen LogP contribution >= 0.6 is 0 Å². The molecule has 34 heavy (non-hydrogen) atoms. The summed E-state index contributed by atoms with van der Waals surface area (Å²) in [4.78, 5) is 35.6. The molecule has 0 bridgehead atoms. The Morgan fingerprint density at radius 1 is 1.12 bits per heavy atom. The molecule has 5 rings (SSSR count). The summed E-state index contributed by atoms with van der Waals surface area (Å²) in [5.74, 6) is -1.42. The van der Waals surface area contributed by atoms with E-state index in [2.05, 4.69) is 25.1 Å². The molecule has 2 fully saturated rings. The molecule has 3 aromatic rings. The number of nitrogens with zero attached hydrogens (tertiary/aromatic N) is 3. The number of nitrogens with one attached hydrogen (secondary N) is 2. The number of anilines is 1. The lowest BCUT2D eigenvalue weighted by Crippen LogP contribution is -2.49. The van der Waals surface area contributed by atoms with E-state index in [1.165, 1.54) is 19.2 Å². The van der Waals surface area contributed by atoms with Gasteiger partial charge in [-0.25, -0.2) is 13.8 Å². The van der Waals surface area contributed by atoms with Gasteiger partial charge in [0, 0.05) is 56.9 Å². The minimum atomic E-state index is -0.623. The minimum absolute atomic E-state index is 0.117. The summed E-state index contributed by atoms with van der Waals surface area (Å²) in [5.41, 5.74) is 0.986. The monoisotopic (exact) mass is 467 g/mol. The third-order valence-electron chi connectivity index (χ3n) is 7.15. The standard InChI is InChI=1S/C25H27F2N5O2/c1-28-25(34)23-20(27)13-18(14-29-23)32-9-7-31(8-10-32)17-6-5-15(11-17)21-12-16-3-2-4-19(26)22(16)24(33)30-21/h2-4,12-15,17H,5-11H2,1H3,(H,28,34)(H,30,33)/t15-,17+/m1/s1. The molecule has 9 heteroatoms. The molecule has 0 spiro atoms. The zero-order chi connectivity index (χ0) is 23.8. The summed E-state index contributed by atoms with van der Waals surface area (Å²) in [6.45, 7) is 3.17. The van der Waals surface area contributed by atoms with Crippen molar-refractivity contribution in [1.29, 1.82) is 0 Å². The number of hydrogen-bond donors (Lipinski definition) is 2. The summed E-state index contributed by atoms with van der Waals surface area (Å²) in [7, 11) is 1.45. The maximum atomic E-state index is 14.3. The lowest BCUT2D eigenvalue weighted by molar-refractivity contribution is 0.0953. The van der Waals surface area contributed by atoms with Gasteiger partial charge in [0.15, 0.2) is 11.5 Å². The molecule has 1 amide bonds. The van der Waals surface area contributed by atoms with Gasteiger partial charge in [0.1, 0.15) is 5.82 Å². The fourth-order valence-electron chi connectivity index (χ4n) is 5.32. The van der Waals surface area contributed by atoms with Crippen molar-refractivity contribution < 1.29 is 13.6 Å². The van der Waals surface area contributed by atoms with Crippen LogP contribution < -0.4 is 15.8 Å². The van der Waals surface area contributed by atoms with E-state index in [9.17, 15) is 18.4 Å². The molecule has 1 aliphatic carbocycles. The largest absolute Gasteiger partial charge is 0.368 e. The van der Waals surface area contributed by atoms with Crippen molar-refractivity contribution >= 4 is 22.4 Å². The van der Waals surface area contributed by atoms with Gasteiger partial charge >= 0.3 is 0 Å². The summed E-state index contributed by atoms with van der Waals surface area (Å²) < 4.78 is 28.3. The van der Waals surface area contributed by atoms with E-state index in [0.29, 0.717) is 17.1 Å². The highest BCUT2D eigenvalue weighted by atomic mass is 19.1. The van der Waals surface area contributed by atoms with E-state index in [1.54, 1.807) is 18.3 Å². The number of benzene rings is 1. The maximum absolute atomic E-state index is 14.3. The van der Waals surface area contributed by atoms with Crippen LogP contribution in [0.1, 0.15) is 41.4 Å². The first-order valence-electron chi connectivity index (χ1n) is 11.6. The van der Waals surface area contributed by atoms with E-state index in [4.69, 9.17) is 0 Å². The van der Waals surface area contributed by atoms with Crippen molar-refractivity contribution in [2.75, 3.05) is 38.1 Å². The number of H-pyrrole nitrogens is 1. The normalized spacial score (nSPS) is 21.2. The van der Waals surface area contributed by atoms with Crippen molar-refractivity contribution in [3.05, 3.63) is 69.9 Å². The van der Waals surface area contributed by atoms with Gasteiger partial charge in [-0.2, -0.15) is 0 Å². The van der Waals surface area contributed by atoms with Crippen molar-refractivity contribution in [1.82, 2.24) is 20.2 Å². The van der Waals surface area contributed by atoms with Crippen molar-refractivity contribution in [3.8, 4) is 0 Å². The number of piperazine rings is 1. The van der Waals surface area contributed by atoms with Gasteiger partial charge in [-0.05, 0) is 36.8 Å². The number of carbonyl (C=O) groups is 1. The number of aromatic amines is 1. The number of pyridine rings is 2. The van der Waals surface area contributed by atoms with Gasteiger partial charge in [-0.3, -0.25) is 14.5 Å². The smallest absolute Gasteiger partial charge is 0.272 e. The Bertz CT molecular complexity index is 1290. The molecule has 2 N–H and O–H groups in total. The molecule has 0 radical (unpaired) electrons. The molecule has 1 saturated heterocycles. The Labute approximate surface area is 195 Å². The van der Waals surface area contributed by atoms with E-state index in [1.807, 2.05) is 6.07 Å². The lowest BCUT2D eigenvalue weighted by Gasteiger charge is -2.39. The molecule has 2 atom stereocenters. The van der Waals surface area contributed by atoms with Gasteiger partial charge in [0.05, 0.1) is 17.3 Å². The summed E-state index contributed by atoms with van der Waals surface area (Å²) in [6, 6.07) is 8.41. The van der Waals surface area contributed by atoms with Crippen molar-refractivity contribution in [2.24, 2.45) is 0 Å². The predicted octanol–water partition coefficient (Wildman–Crippen LogP) is 3.02. The number of rotatable bonds is 4. The highest BCUT2D eigenvalue weighted by Crippen LogP contribution is 2.37. The van der Waals surface area contributed by atoms with Crippen LogP contribution in [0.15, 0.2) is 41.3 Å². The minimum Gasteiger partial charge on any atom is -0.368 e. The maximum Gasteiger partial charge on any atom is 0.272 e. The van der Waals surface area contributed by atoms with E-state index >= 15 is 0 Å². The molecule has 1 aliphatic heterocycles. The summed E-state index contributed by atoms with van der Waals surface area (Å²) in [6.07, 6.45) is 4.49. The molecule has 178 valence electrons. The zero-order valence-electron chi connectivity index (χ0n) is 19.0. The molecule has 7 nitrogen and oxygen atoms in total. The van der Waals surface area contributed by atoms with Crippen LogP contribution in [0.25, 0.3) is 10.8 Å². The number of aromatic nitrogens is 2. The van der Waals surface area contributed by atoms with E-state index in [-0.39, 0.29) is 22.6 Å². The van der Waals surface area contributed by atoms with Gasteiger partial charge in [-0.1, -0.05) is 12.1 Å². The molecule has 1 saturated carbocycles. The highest BCUT2D eigenvalue weighted by Gasteiger charge is 2.33. The first-order valence-corrected chi connectivity index (χ1v) is 11.6. The second-order valence-corrected chi connectivity index (χ2v) is 9.05. The van der Waals surface area contributed by atoms with Crippen LogP contribution in [-0.2, 0) is 0 Å². The number of fused-ring (bicyclic) bond motifs is 1. The lowest BCUT2D eigenvalue weighted by atomic mass is 10.00. The highest BCUT2D eigenvalue weighted by molar-refractivity contribution is 5.92. The van der Waals surface area contributed by atoms with Crippen LogP contribution in [0.5, 0.6) is 0 Å². The number of carbonyl (C=O) groups excluding carboxylic acids is 1. The van der Waals surface area contributed by atoms with Crippen molar-refractivity contribution in [2.45, 2.75) is 31.2 Å². The molecular weight excluding hydrogens is 440 g/mol. The first-order chi connectivity index (χ1) is 16.4. The predicted molar refractivity (Wildman–Crippen MR) is 126 cm³/mol. The first kappa shape index (κ1) is 22.5. The molecule has 2 aromatic heterocycles. The second-order valence-electron chi connectivity index (χ2n) is 9.05. The fourth-order valence-corrected chi connectivity index (χ4v) is 5.32. The summed E-state index contributed by atoms with van der Waals surface area (Å²) >= 11 is 0. The molecule has 1 aromatic carbocycles. The molecular formula is C25H27F2N5O2.